The minimum atomic E-state index is -0.0556. The van der Waals surface area contributed by atoms with Gasteiger partial charge in [-0.15, -0.1) is 0 Å². The molecule has 1 aliphatic heterocycles. The molecule has 0 aliphatic carbocycles. The van der Waals surface area contributed by atoms with Crippen LogP contribution in [0.15, 0.2) is 0 Å². The van der Waals surface area contributed by atoms with Crippen molar-refractivity contribution in [3.05, 3.63) is 0 Å². The molecule has 0 bridgehead atoms. The fourth-order valence-corrected chi connectivity index (χ4v) is 0.918. The average molecular weight is 117 g/mol. The Morgan fingerprint density at radius 3 is 2.38 bits per heavy atom. The summed E-state index contributed by atoms with van der Waals surface area (Å²) >= 11 is 0. The van der Waals surface area contributed by atoms with Crippen molar-refractivity contribution < 1.29 is 0 Å². The van der Waals surface area contributed by atoms with Gasteiger partial charge in [-0.05, 0) is 26.3 Å². The molecule has 1 rings (SSSR count). The van der Waals surface area contributed by atoms with Gasteiger partial charge in [0.25, 0.3) is 0 Å². The van der Waals surface area contributed by atoms with Gasteiger partial charge in [0, 0.05) is 0 Å². The van der Waals surface area contributed by atoms with Crippen molar-refractivity contribution in [2.45, 2.75) is 25.4 Å². The lowest BCUT2D eigenvalue weighted by atomic mass is 10.2. The molecule has 1 aliphatic rings. The zero-order valence-electron chi connectivity index (χ0n) is 5.41. The van der Waals surface area contributed by atoms with E-state index in [2.05, 4.69) is 5.32 Å². The van der Waals surface area contributed by atoms with Crippen LogP contribution in [0.1, 0.15) is 19.8 Å². The summed E-state index contributed by atoms with van der Waals surface area (Å²) < 4.78 is 0. The predicted octanol–water partition coefficient (Wildman–Crippen LogP) is 0.207. The van der Waals surface area contributed by atoms with Gasteiger partial charge >= 0.3 is 0 Å². The molecule has 1 saturated heterocycles. The van der Waals surface area contributed by atoms with E-state index in [0.717, 1.165) is 13.0 Å². The second kappa shape index (κ2) is 2.44. The van der Waals surface area contributed by atoms with Gasteiger partial charge in [0.05, 0.1) is 5.66 Å². The maximum Gasteiger partial charge on any atom is 0.0633 e. The topological polar surface area (TPSA) is 73.0 Å². The molecule has 1 atom stereocenters. The Morgan fingerprint density at radius 1 is 1.62 bits per heavy atom. The fourth-order valence-electron chi connectivity index (χ4n) is 0.918. The van der Waals surface area contributed by atoms with E-state index < -0.39 is 0 Å². The Balaban J connectivity index is 0.000000490. The van der Waals surface area contributed by atoms with Crippen LogP contribution in [0.4, 0.5) is 0 Å². The molecule has 0 aromatic rings. The van der Waals surface area contributed by atoms with Crippen LogP contribution in [0.5, 0.6) is 0 Å². The minimum Gasteiger partial charge on any atom is -0.344 e. The first-order valence-corrected chi connectivity index (χ1v) is 2.75. The first kappa shape index (κ1) is 7.88. The molecule has 0 amide bonds. The van der Waals surface area contributed by atoms with Gasteiger partial charge in [-0.1, -0.05) is 0 Å². The second-order valence-corrected chi connectivity index (χ2v) is 2.45. The summed E-state index contributed by atoms with van der Waals surface area (Å²) in [7, 11) is 0. The Hall–Kier alpha value is -0.120. The number of nitrogens with two attached hydrogens (primary N) is 1. The molecule has 3 nitrogen and oxygen atoms in total. The molecule has 0 spiro atoms. The molecule has 0 saturated carbocycles. The Labute approximate surface area is 50.2 Å². The van der Waals surface area contributed by atoms with Gasteiger partial charge in [0.1, 0.15) is 0 Å². The highest BCUT2D eigenvalue weighted by Crippen LogP contribution is 2.10. The number of hydrogen-bond acceptors (Lipinski definition) is 3. The third-order valence-corrected chi connectivity index (χ3v) is 1.40. The largest absolute Gasteiger partial charge is 0.344 e. The average Bonchev–Trinajstić information content (AvgIpc) is 1.84. The normalized spacial score (nSPS) is 36.8. The SMILES string of the molecule is CC1(N)CCCN1.N. The van der Waals surface area contributed by atoms with Crippen LogP contribution in [0.3, 0.4) is 0 Å². The van der Waals surface area contributed by atoms with Crippen molar-refractivity contribution in [3.8, 4) is 0 Å². The van der Waals surface area contributed by atoms with E-state index in [4.69, 9.17) is 5.73 Å². The van der Waals surface area contributed by atoms with Crippen molar-refractivity contribution in [2.24, 2.45) is 5.73 Å². The molecule has 8 heavy (non-hydrogen) atoms. The van der Waals surface area contributed by atoms with Gasteiger partial charge in [-0.2, -0.15) is 0 Å². The molecule has 6 N–H and O–H groups in total. The molecule has 1 fully saturated rings. The molecule has 0 radical (unpaired) electrons. The lowest BCUT2D eigenvalue weighted by molar-refractivity contribution is 0.433. The molecular formula is C5H15N3. The highest BCUT2D eigenvalue weighted by Gasteiger charge is 2.21. The Bertz CT molecular complexity index is 62.1. The second-order valence-electron chi connectivity index (χ2n) is 2.45. The lowest BCUT2D eigenvalue weighted by Crippen LogP contribution is -2.45. The van der Waals surface area contributed by atoms with Crippen molar-refractivity contribution >= 4 is 0 Å². The molecule has 0 aromatic heterocycles. The minimum absolute atomic E-state index is 0. The molecule has 3 heteroatoms. The van der Waals surface area contributed by atoms with E-state index in [9.17, 15) is 0 Å². The summed E-state index contributed by atoms with van der Waals surface area (Å²) in [6.45, 7) is 3.12. The zero-order valence-corrected chi connectivity index (χ0v) is 5.41. The van der Waals surface area contributed by atoms with E-state index in [1.165, 1.54) is 6.42 Å². The summed E-state index contributed by atoms with van der Waals surface area (Å²) in [6.07, 6.45) is 2.35. The van der Waals surface area contributed by atoms with E-state index in [1.54, 1.807) is 0 Å². The van der Waals surface area contributed by atoms with E-state index in [0.29, 0.717) is 0 Å². The highest BCUT2D eigenvalue weighted by atomic mass is 15.1. The van der Waals surface area contributed by atoms with Gasteiger partial charge < -0.3 is 11.9 Å². The third kappa shape index (κ3) is 1.78. The predicted molar refractivity (Wildman–Crippen MR) is 34.9 cm³/mol. The first-order chi connectivity index (χ1) is 3.21. The lowest BCUT2D eigenvalue weighted by Gasteiger charge is -2.15. The Kier molecular flexibility index (Phi) is 2.40. The van der Waals surface area contributed by atoms with Crippen LogP contribution in [-0.2, 0) is 0 Å². The van der Waals surface area contributed by atoms with Crippen molar-refractivity contribution in [2.75, 3.05) is 6.54 Å². The monoisotopic (exact) mass is 117 g/mol. The van der Waals surface area contributed by atoms with Crippen molar-refractivity contribution in [1.29, 1.82) is 0 Å². The van der Waals surface area contributed by atoms with Crippen LogP contribution in [0, 0.1) is 0 Å². The van der Waals surface area contributed by atoms with Crippen LogP contribution < -0.4 is 17.2 Å². The summed E-state index contributed by atoms with van der Waals surface area (Å²) in [5.74, 6) is 0. The molecule has 1 heterocycles. The van der Waals surface area contributed by atoms with Gasteiger partial charge in [0.2, 0.25) is 0 Å². The van der Waals surface area contributed by atoms with Gasteiger partial charge in [-0.3, -0.25) is 5.32 Å². The number of rotatable bonds is 0. The van der Waals surface area contributed by atoms with Crippen LogP contribution in [-0.4, -0.2) is 12.2 Å². The summed E-state index contributed by atoms with van der Waals surface area (Å²) in [5.41, 5.74) is 5.61. The van der Waals surface area contributed by atoms with Crippen LogP contribution in [0.25, 0.3) is 0 Å². The fraction of sp³-hybridized carbons (Fsp3) is 1.00. The maximum atomic E-state index is 5.67. The number of nitrogens with one attached hydrogen (secondary N) is 1. The molecule has 1 unspecified atom stereocenters. The Morgan fingerprint density at radius 2 is 2.25 bits per heavy atom. The number of hydrogen-bond donors (Lipinski definition) is 3. The van der Waals surface area contributed by atoms with Crippen LogP contribution in [0.2, 0.25) is 0 Å². The molecule has 50 valence electrons. The zero-order chi connectivity index (χ0) is 5.33. The van der Waals surface area contributed by atoms with E-state index in [1.807, 2.05) is 6.92 Å². The van der Waals surface area contributed by atoms with Gasteiger partial charge in [-0.25, -0.2) is 0 Å². The van der Waals surface area contributed by atoms with E-state index >= 15 is 0 Å². The highest BCUT2D eigenvalue weighted by molar-refractivity contribution is 4.81. The smallest absolute Gasteiger partial charge is 0.0633 e. The molecule has 0 aromatic carbocycles. The standard InChI is InChI=1S/C5H12N2.H3N/c1-5(6)3-2-4-7-5;/h7H,2-4,6H2,1H3;1H3. The maximum absolute atomic E-state index is 5.67. The quantitative estimate of drug-likeness (QED) is 0.424. The van der Waals surface area contributed by atoms with Gasteiger partial charge in [0.15, 0.2) is 0 Å². The summed E-state index contributed by atoms with van der Waals surface area (Å²) in [6, 6.07) is 0. The van der Waals surface area contributed by atoms with E-state index in [-0.39, 0.29) is 11.8 Å². The summed E-state index contributed by atoms with van der Waals surface area (Å²) in [4.78, 5) is 0. The van der Waals surface area contributed by atoms with Crippen molar-refractivity contribution in [1.82, 2.24) is 11.5 Å². The summed E-state index contributed by atoms with van der Waals surface area (Å²) in [5, 5.41) is 3.17. The van der Waals surface area contributed by atoms with Crippen LogP contribution >= 0.6 is 0 Å². The van der Waals surface area contributed by atoms with Crippen molar-refractivity contribution in [3.63, 3.8) is 0 Å². The first-order valence-electron chi connectivity index (χ1n) is 2.75. The third-order valence-electron chi connectivity index (χ3n) is 1.40. The molecular weight excluding hydrogens is 102 g/mol.